The number of hydrogen-bond acceptors (Lipinski definition) is 0. The molecule has 96 valence electrons. The fourth-order valence-corrected chi connectivity index (χ4v) is 2.44. The zero-order valence-electron chi connectivity index (χ0n) is 11.9. The summed E-state index contributed by atoms with van der Waals surface area (Å²) < 4.78 is 0. The predicted octanol–water partition coefficient (Wildman–Crippen LogP) is 5.60. The summed E-state index contributed by atoms with van der Waals surface area (Å²) in [4.78, 5) is 0. The Hall–Kier alpha value is -1.30. The Balaban J connectivity index is 2.08. The van der Waals surface area contributed by atoms with Crippen molar-refractivity contribution in [2.24, 2.45) is 5.41 Å². The Morgan fingerprint density at radius 2 is 1.67 bits per heavy atom. The summed E-state index contributed by atoms with van der Waals surface area (Å²) in [6.07, 6.45) is 5.06. The van der Waals surface area contributed by atoms with E-state index in [2.05, 4.69) is 63.2 Å². The Labute approximate surface area is 111 Å². The molecular formula is C18H24. The molecule has 18 heavy (non-hydrogen) atoms. The molecule has 0 N–H and O–H groups in total. The molecule has 0 spiro atoms. The third-order valence-corrected chi connectivity index (χ3v) is 4.14. The van der Waals surface area contributed by atoms with Crippen LogP contribution in [0.1, 0.15) is 45.6 Å². The van der Waals surface area contributed by atoms with Crippen molar-refractivity contribution in [2.45, 2.75) is 46.5 Å². The van der Waals surface area contributed by atoms with Crippen molar-refractivity contribution in [3.8, 4) is 0 Å². The van der Waals surface area contributed by atoms with E-state index in [0.717, 1.165) is 0 Å². The van der Waals surface area contributed by atoms with Crippen molar-refractivity contribution >= 4 is 10.8 Å². The van der Waals surface area contributed by atoms with Gasteiger partial charge in [-0.25, -0.2) is 0 Å². The molecule has 0 amide bonds. The highest BCUT2D eigenvalue weighted by atomic mass is 14.2. The van der Waals surface area contributed by atoms with Crippen LogP contribution in [0.2, 0.25) is 0 Å². The van der Waals surface area contributed by atoms with Gasteiger partial charge in [-0.15, -0.1) is 0 Å². The van der Waals surface area contributed by atoms with E-state index in [4.69, 9.17) is 0 Å². The Morgan fingerprint density at radius 1 is 0.944 bits per heavy atom. The van der Waals surface area contributed by atoms with Gasteiger partial charge >= 0.3 is 0 Å². The maximum absolute atomic E-state index is 2.37. The van der Waals surface area contributed by atoms with Crippen molar-refractivity contribution in [2.75, 3.05) is 0 Å². The molecule has 0 bridgehead atoms. The van der Waals surface area contributed by atoms with Crippen LogP contribution in [0.15, 0.2) is 42.5 Å². The molecule has 2 rings (SSSR count). The number of fused-ring (bicyclic) bond motifs is 1. The third-order valence-electron chi connectivity index (χ3n) is 4.14. The van der Waals surface area contributed by atoms with Crippen LogP contribution in [0.25, 0.3) is 10.8 Å². The van der Waals surface area contributed by atoms with Gasteiger partial charge in [0.15, 0.2) is 0 Å². The molecule has 0 saturated heterocycles. The molecule has 0 heterocycles. The van der Waals surface area contributed by atoms with Gasteiger partial charge in [-0.2, -0.15) is 0 Å². The van der Waals surface area contributed by atoms with Crippen LogP contribution in [-0.4, -0.2) is 0 Å². The van der Waals surface area contributed by atoms with Crippen molar-refractivity contribution in [1.82, 2.24) is 0 Å². The Bertz CT molecular complexity index is 503. The van der Waals surface area contributed by atoms with E-state index in [1.165, 1.54) is 42.0 Å². The summed E-state index contributed by atoms with van der Waals surface area (Å²) in [6, 6.07) is 15.4. The van der Waals surface area contributed by atoms with Crippen molar-refractivity contribution < 1.29 is 0 Å². The van der Waals surface area contributed by atoms with Crippen molar-refractivity contribution in [1.29, 1.82) is 0 Å². The largest absolute Gasteiger partial charge is 0.0649 e. The predicted molar refractivity (Wildman–Crippen MR) is 81.0 cm³/mol. The van der Waals surface area contributed by atoms with Crippen LogP contribution < -0.4 is 0 Å². The van der Waals surface area contributed by atoms with Crippen LogP contribution in [0.5, 0.6) is 0 Å². The summed E-state index contributed by atoms with van der Waals surface area (Å²) in [5.74, 6) is 0. The number of rotatable bonds is 5. The normalized spacial score (nSPS) is 11.9. The number of hydrogen-bond donors (Lipinski definition) is 0. The second kappa shape index (κ2) is 5.56. The van der Waals surface area contributed by atoms with E-state index in [0.29, 0.717) is 5.41 Å². The van der Waals surface area contributed by atoms with Gasteiger partial charge in [0.2, 0.25) is 0 Å². The van der Waals surface area contributed by atoms with Crippen LogP contribution >= 0.6 is 0 Å². The zero-order valence-corrected chi connectivity index (χ0v) is 11.9. The van der Waals surface area contributed by atoms with E-state index >= 15 is 0 Å². The fraction of sp³-hybridized carbons (Fsp3) is 0.444. The fourth-order valence-electron chi connectivity index (χ4n) is 2.44. The van der Waals surface area contributed by atoms with E-state index in [-0.39, 0.29) is 0 Å². The van der Waals surface area contributed by atoms with Crippen LogP contribution in [0.3, 0.4) is 0 Å². The van der Waals surface area contributed by atoms with Gasteiger partial charge in [0.05, 0.1) is 0 Å². The van der Waals surface area contributed by atoms with Crippen LogP contribution in [0.4, 0.5) is 0 Å². The second-order valence-electron chi connectivity index (χ2n) is 6.01. The lowest BCUT2D eigenvalue weighted by molar-refractivity contribution is 0.313. The molecule has 0 aliphatic rings. The van der Waals surface area contributed by atoms with E-state index < -0.39 is 0 Å². The topological polar surface area (TPSA) is 0 Å². The molecule has 0 aromatic heterocycles. The molecule has 0 unspecified atom stereocenters. The lowest BCUT2D eigenvalue weighted by atomic mass is 9.84. The average molecular weight is 240 g/mol. The summed E-state index contributed by atoms with van der Waals surface area (Å²) in [6.45, 7) is 7.03. The Morgan fingerprint density at radius 3 is 2.44 bits per heavy atom. The van der Waals surface area contributed by atoms with E-state index in [1.54, 1.807) is 0 Å². The standard InChI is InChI=1S/C18H24/c1-4-18(2,3)14-8-12-16-11-7-10-15-9-5-6-13-17(15)16/h5-7,9-11,13H,4,8,12,14H2,1-3H3. The van der Waals surface area contributed by atoms with E-state index in [9.17, 15) is 0 Å². The SMILES string of the molecule is CCC(C)(C)CCCc1cccc2ccccc12. The smallest absolute Gasteiger partial charge is 0.0152 e. The van der Waals surface area contributed by atoms with Crippen molar-refractivity contribution in [3.05, 3.63) is 48.0 Å². The number of aryl methyl sites for hydroxylation is 1. The molecule has 0 atom stereocenters. The summed E-state index contributed by atoms with van der Waals surface area (Å²) in [7, 11) is 0. The first-order valence-electron chi connectivity index (χ1n) is 7.09. The lowest BCUT2D eigenvalue weighted by Crippen LogP contribution is -2.09. The highest BCUT2D eigenvalue weighted by Crippen LogP contribution is 2.28. The van der Waals surface area contributed by atoms with Gasteiger partial charge < -0.3 is 0 Å². The minimum absolute atomic E-state index is 0.491. The summed E-state index contributed by atoms with van der Waals surface area (Å²) in [5.41, 5.74) is 1.99. The first-order valence-corrected chi connectivity index (χ1v) is 7.09. The maximum atomic E-state index is 2.37. The highest BCUT2D eigenvalue weighted by Gasteiger charge is 2.14. The number of benzene rings is 2. The van der Waals surface area contributed by atoms with Crippen molar-refractivity contribution in [3.63, 3.8) is 0 Å². The van der Waals surface area contributed by atoms with Gasteiger partial charge in [-0.05, 0) is 41.0 Å². The molecule has 2 aromatic carbocycles. The quantitative estimate of drug-likeness (QED) is 0.638. The van der Waals surface area contributed by atoms with Crippen LogP contribution in [-0.2, 0) is 6.42 Å². The van der Waals surface area contributed by atoms with Gasteiger partial charge in [0.1, 0.15) is 0 Å². The van der Waals surface area contributed by atoms with Gasteiger partial charge in [-0.1, -0.05) is 69.7 Å². The summed E-state index contributed by atoms with van der Waals surface area (Å²) >= 11 is 0. The van der Waals surface area contributed by atoms with Gasteiger partial charge in [0.25, 0.3) is 0 Å². The van der Waals surface area contributed by atoms with Gasteiger partial charge in [-0.3, -0.25) is 0 Å². The molecule has 0 aliphatic carbocycles. The van der Waals surface area contributed by atoms with Gasteiger partial charge in [0, 0.05) is 0 Å². The van der Waals surface area contributed by atoms with E-state index in [1.807, 2.05) is 0 Å². The molecule has 0 saturated carbocycles. The first kappa shape index (κ1) is 13.1. The minimum atomic E-state index is 0.491. The molecular weight excluding hydrogens is 216 g/mol. The molecule has 2 aromatic rings. The Kier molecular flexibility index (Phi) is 4.06. The molecule has 0 nitrogen and oxygen atoms in total. The monoisotopic (exact) mass is 240 g/mol. The lowest BCUT2D eigenvalue weighted by Gasteiger charge is -2.22. The molecule has 0 heteroatoms. The summed E-state index contributed by atoms with van der Waals surface area (Å²) in [5, 5.41) is 2.79. The zero-order chi connectivity index (χ0) is 13.0. The average Bonchev–Trinajstić information content (AvgIpc) is 2.39. The maximum Gasteiger partial charge on any atom is -0.0152 e. The molecule has 0 aliphatic heterocycles. The van der Waals surface area contributed by atoms with Crippen LogP contribution in [0, 0.1) is 5.41 Å². The first-order chi connectivity index (χ1) is 8.62. The highest BCUT2D eigenvalue weighted by molar-refractivity contribution is 5.85. The third kappa shape index (κ3) is 3.13. The molecule has 0 radical (unpaired) electrons. The minimum Gasteiger partial charge on any atom is -0.0649 e. The molecule has 0 fully saturated rings. The second-order valence-corrected chi connectivity index (χ2v) is 6.01.